The molecule has 2 aliphatic carbocycles. The molecule has 94 valence electrons. The van der Waals surface area contributed by atoms with Crippen molar-refractivity contribution in [2.24, 2.45) is 5.92 Å². The van der Waals surface area contributed by atoms with Crippen LogP contribution in [0.3, 0.4) is 0 Å². The number of rotatable bonds is 3. The Kier molecular flexibility index (Phi) is 5.15. The summed E-state index contributed by atoms with van der Waals surface area (Å²) >= 11 is 0. The standard InChI is InChI=1S/C15H29N/c1-2-13-9-11-15(12-10-13)16-14-7-5-3-4-6-8-14/h13-16H,2-12H2,1H3. The molecular weight excluding hydrogens is 194 g/mol. The highest BCUT2D eigenvalue weighted by Gasteiger charge is 2.22. The van der Waals surface area contributed by atoms with Gasteiger partial charge in [-0.3, -0.25) is 0 Å². The summed E-state index contributed by atoms with van der Waals surface area (Å²) in [7, 11) is 0. The summed E-state index contributed by atoms with van der Waals surface area (Å²) < 4.78 is 0. The van der Waals surface area contributed by atoms with Gasteiger partial charge in [-0.25, -0.2) is 0 Å². The van der Waals surface area contributed by atoms with E-state index in [2.05, 4.69) is 12.2 Å². The molecule has 0 saturated heterocycles. The van der Waals surface area contributed by atoms with Crippen LogP contribution in [0.4, 0.5) is 0 Å². The van der Waals surface area contributed by atoms with Crippen LogP contribution < -0.4 is 5.32 Å². The lowest BCUT2D eigenvalue weighted by Gasteiger charge is -2.31. The van der Waals surface area contributed by atoms with Crippen molar-refractivity contribution in [1.29, 1.82) is 0 Å². The fourth-order valence-electron chi connectivity index (χ4n) is 3.52. The number of hydrogen-bond donors (Lipinski definition) is 1. The van der Waals surface area contributed by atoms with Crippen LogP contribution in [-0.2, 0) is 0 Å². The van der Waals surface area contributed by atoms with E-state index in [0.717, 1.165) is 18.0 Å². The van der Waals surface area contributed by atoms with Crippen molar-refractivity contribution in [3.8, 4) is 0 Å². The highest BCUT2D eigenvalue weighted by molar-refractivity contribution is 4.81. The van der Waals surface area contributed by atoms with Crippen molar-refractivity contribution in [2.45, 2.75) is 89.6 Å². The molecule has 0 radical (unpaired) electrons. The monoisotopic (exact) mass is 223 g/mol. The van der Waals surface area contributed by atoms with Crippen molar-refractivity contribution in [1.82, 2.24) is 5.32 Å². The van der Waals surface area contributed by atoms with Gasteiger partial charge in [0.25, 0.3) is 0 Å². The topological polar surface area (TPSA) is 12.0 Å². The molecule has 0 aromatic heterocycles. The van der Waals surface area contributed by atoms with Crippen LogP contribution in [0.5, 0.6) is 0 Å². The molecule has 0 spiro atoms. The van der Waals surface area contributed by atoms with Crippen molar-refractivity contribution in [2.75, 3.05) is 0 Å². The van der Waals surface area contributed by atoms with Gasteiger partial charge in [0, 0.05) is 12.1 Å². The number of nitrogens with one attached hydrogen (secondary N) is 1. The zero-order chi connectivity index (χ0) is 11.2. The van der Waals surface area contributed by atoms with Crippen LogP contribution >= 0.6 is 0 Å². The van der Waals surface area contributed by atoms with Gasteiger partial charge in [-0.15, -0.1) is 0 Å². The van der Waals surface area contributed by atoms with Gasteiger partial charge in [-0.05, 0) is 44.4 Å². The SMILES string of the molecule is CCC1CCC(NC2CCCCCC2)CC1. The van der Waals surface area contributed by atoms with E-state index in [4.69, 9.17) is 0 Å². The van der Waals surface area contributed by atoms with Crippen LogP contribution in [0, 0.1) is 5.92 Å². The Bertz CT molecular complexity index is 174. The first-order valence-electron chi connectivity index (χ1n) is 7.64. The molecule has 0 aromatic rings. The third-order valence-corrected chi connectivity index (χ3v) is 4.75. The molecule has 16 heavy (non-hydrogen) atoms. The molecule has 0 atom stereocenters. The molecular formula is C15H29N. The maximum absolute atomic E-state index is 3.94. The van der Waals surface area contributed by atoms with Crippen LogP contribution in [-0.4, -0.2) is 12.1 Å². The van der Waals surface area contributed by atoms with Gasteiger partial charge in [-0.1, -0.05) is 39.0 Å². The second-order valence-corrected chi connectivity index (χ2v) is 5.98. The fraction of sp³-hybridized carbons (Fsp3) is 1.00. The molecule has 0 heterocycles. The molecule has 1 N–H and O–H groups in total. The first-order chi connectivity index (χ1) is 7.88. The molecule has 1 nitrogen and oxygen atoms in total. The third kappa shape index (κ3) is 3.76. The van der Waals surface area contributed by atoms with E-state index in [1.54, 1.807) is 0 Å². The van der Waals surface area contributed by atoms with Crippen molar-refractivity contribution in [3.05, 3.63) is 0 Å². The lowest BCUT2D eigenvalue weighted by Crippen LogP contribution is -2.40. The van der Waals surface area contributed by atoms with Gasteiger partial charge in [-0.2, -0.15) is 0 Å². The zero-order valence-corrected chi connectivity index (χ0v) is 11.0. The Hall–Kier alpha value is -0.0400. The Morgan fingerprint density at radius 2 is 1.31 bits per heavy atom. The van der Waals surface area contributed by atoms with Gasteiger partial charge in [0.1, 0.15) is 0 Å². The molecule has 2 aliphatic rings. The molecule has 0 bridgehead atoms. The van der Waals surface area contributed by atoms with Crippen LogP contribution in [0.25, 0.3) is 0 Å². The third-order valence-electron chi connectivity index (χ3n) is 4.75. The molecule has 0 aromatic carbocycles. The van der Waals surface area contributed by atoms with Gasteiger partial charge >= 0.3 is 0 Å². The summed E-state index contributed by atoms with van der Waals surface area (Å²) in [5.74, 6) is 1.03. The minimum atomic E-state index is 0.852. The van der Waals surface area contributed by atoms with E-state index in [0.29, 0.717) is 0 Å². The Morgan fingerprint density at radius 1 is 0.750 bits per heavy atom. The predicted octanol–water partition coefficient (Wildman–Crippen LogP) is 4.27. The minimum Gasteiger partial charge on any atom is -0.311 e. The average Bonchev–Trinajstić information content (AvgIpc) is 2.59. The fourth-order valence-corrected chi connectivity index (χ4v) is 3.52. The first kappa shape index (κ1) is 12.4. The Morgan fingerprint density at radius 3 is 1.88 bits per heavy atom. The van der Waals surface area contributed by atoms with E-state index in [9.17, 15) is 0 Å². The molecule has 2 fully saturated rings. The molecule has 2 rings (SSSR count). The highest BCUT2D eigenvalue weighted by Crippen LogP contribution is 2.27. The summed E-state index contributed by atoms with van der Waals surface area (Å²) in [6.07, 6.45) is 16.0. The Balaban J connectivity index is 1.69. The molecule has 0 unspecified atom stereocenters. The normalized spacial score (nSPS) is 33.6. The number of hydrogen-bond acceptors (Lipinski definition) is 1. The summed E-state index contributed by atoms with van der Waals surface area (Å²) in [6.45, 7) is 2.35. The van der Waals surface area contributed by atoms with Crippen molar-refractivity contribution >= 4 is 0 Å². The average molecular weight is 223 g/mol. The second kappa shape index (κ2) is 6.64. The smallest absolute Gasteiger partial charge is 0.00698 e. The lowest BCUT2D eigenvalue weighted by molar-refractivity contribution is 0.261. The van der Waals surface area contributed by atoms with Gasteiger partial charge in [0.15, 0.2) is 0 Å². The maximum Gasteiger partial charge on any atom is 0.00698 e. The van der Waals surface area contributed by atoms with Crippen LogP contribution in [0.2, 0.25) is 0 Å². The quantitative estimate of drug-likeness (QED) is 0.705. The molecule has 0 aliphatic heterocycles. The zero-order valence-electron chi connectivity index (χ0n) is 11.0. The van der Waals surface area contributed by atoms with Crippen molar-refractivity contribution in [3.63, 3.8) is 0 Å². The second-order valence-electron chi connectivity index (χ2n) is 5.98. The lowest BCUT2D eigenvalue weighted by atomic mass is 9.84. The largest absolute Gasteiger partial charge is 0.311 e. The summed E-state index contributed by atoms with van der Waals surface area (Å²) in [6, 6.07) is 1.71. The van der Waals surface area contributed by atoms with Gasteiger partial charge in [0.05, 0.1) is 0 Å². The Labute approximate surface area is 101 Å². The molecule has 0 amide bonds. The van der Waals surface area contributed by atoms with E-state index >= 15 is 0 Å². The first-order valence-corrected chi connectivity index (χ1v) is 7.64. The van der Waals surface area contributed by atoms with E-state index in [1.165, 1.54) is 70.6 Å². The maximum atomic E-state index is 3.94. The summed E-state index contributed by atoms with van der Waals surface area (Å²) in [5.41, 5.74) is 0. The molecule has 1 heteroatoms. The molecule has 2 saturated carbocycles. The van der Waals surface area contributed by atoms with Crippen LogP contribution in [0.15, 0.2) is 0 Å². The van der Waals surface area contributed by atoms with E-state index < -0.39 is 0 Å². The highest BCUT2D eigenvalue weighted by atomic mass is 14.9. The predicted molar refractivity (Wildman–Crippen MR) is 70.7 cm³/mol. The van der Waals surface area contributed by atoms with Gasteiger partial charge < -0.3 is 5.32 Å². The van der Waals surface area contributed by atoms with E-state index in [-0.39, 0.29) is 0 Å². The minimum absolute atomic E-state index is 0.852. The van der Waals surface area contributed by atoms with Gasteiger partial charge in [0.2, 0.25) is 0 Å². The summed E-state index contributed by atoms with van der Waals surface area (Å²) in [5, 5.41) is 3.94. The van der Waals surface area contributed by atoms with E-state index in [1.807, 2.05) is 0 Å². The summed E-state index contributed by atoms with van der Waals surface area (Å²) in [4.78, 5) is 0. The van der Waals surface area contributed by atoms with Crippen molar-refractivity contribution < 1.29 is 0 Å². The van der Waals surface area contributed by atoms with Crippen LogP contribution in [0.1, 0.15) is 77.6 Å².